The minimum Gasteiger partial charge on any atom is -0.396 e. The zero-order chi connectivity index (χ0) is 11.3. The maximum absolute atomic E-state index is 12.4. The summed E-state index contributed by atoms with van der Waals surface area (Å²) in [6, 6.07) is 2.56. The van der Waals surface area contributed by atoms with Gasteiger partial charge < -0.3 is 10.4 Å². The summed E-state index contributed by atoms with van der Waals surface area (Å²) in [5.41, 5.74) is 0. The van der Waals surface area contributed by atoms with Crippen molar-refractivity contribution in [2.75, 3.05) is 6.61 Å². The van der Waals surface area contributed by atoms with Crippen molar-refractivity contribution in [3.63, 3.8) is 0 Å². The molecular formula is C9H12ClF2NOS. The molecule has 15 heavy (non-hydrogen) atoms. The monoisotopic (exact) mass is 255 g/mol. The molecule has 2 N–H and O–H groups in total. The fourth-order valence-corrected chi connectivity index (χ4v) is 2.17. The van der Waals surface area contributed by atoms with Gasteiger partial charge in [-0.05, 0) is 18.6 Å². The summed E-state index contributed by atoms with van der Waals surface area (Å²) in [7, 11) is 0. The van der Waals surface area contributed by atoms with Crippen LogP contribution >= 0.6 is 22.9 Å². The Labute approximate surface area is 95.9 Å². The van der Waals surface area contributed by atoms with Crippen molar-refractivity contribution >= 4 is 22.9 Å². The normalized spacial score (nSPS) is 13.4. The van der Waals surface area contributed by atoms with Crippen LogP contribution in [0.4, 0.5) is 8.78 Å². The van der Waals surface area contributed by atoms with E-state index in [9.17, 15) is 8.78 Å². The van der Waals surface area contributed by atoms with E-state index in [1.807, 2.05) is 0 Å². The van der Waals surface area contributed by atoms with Crippen LogP contribution in [0, 0.1) is 0 Å². The Bertz CT molecular complexity index is 295. The molecule has 86 valence electrons. The molecule has 1 atom stereocenters. The van der Waals surface area contributed by atoms with E-state index in [4.69, 9.17) is 16.7 Å². The van der Waals surface area contributed by atoms with Crippen molar-refractivity contribution in [2.45, 2.75) is 25.4 Å². The number of alkyl halides is 2. The van der Waals surface area contributed by atoms with Gasteiger partial charge in [0.15, 0.2) is 0 Å². The number of aliphatic hydroxyl groups excluding tert-OH is 1. The number of aliphatic hydroxyl groups is 1. The van der Waals surface area contributed by atoms with Crippen LogP contribution in [-0.4, -0.2) is 24.2 Å². The molecular weight excluding hydrogens is 244 g/mol. The topological polar surface area (TPSA) is 32.3 Å². The number of rotatable bonds is 6. The van der Waals surface area contributed by atoms with E-state index in [-0.39, 0.29) is 13.0 Å². The molecule has 0 radical (unpaired) electrons. The third-order valence-electron chi connectivity index (χ3n) is 1.91. The third-order valence-corrected chi connectivity index (χ3v) is 3.14. The van der Waals surface area contributed by atoms with E-state index < -0.39 is 12.5 Å². The van der Waals surface area contributed by atoms with Gasteiger partial charge in [-0.25, -0.2) is 8.78 Å². The molecule has 0 aliphatic rings. The van der Waals surface area contributed by atoms with Gasteiger partial charge in [0, 0.05) is 18.0 Å². The maximum atomic E-state index is 12.4. The molecule has 0 saturated carbocycles. The van der Waals surface area contributed by atoms with Gasteiger partial charge in [-0.3, -0.25) is 0 Å². The summed E-state index contributed by atoms with van der Waals surface area (Å²) < 4.78 is 25.4. The SMILES string of the molecule is OCCC(NCc1ccc(Cl)s1)C(F)F. The third kappa shape index (κ3) is 4.42. The molecule has 0 aliphatic heterocycles. The molecule has 0 saturated heterocycles. The van der Waals surface area contributed by atoms with Crippen molar-refractivity contribution < 1.29 is 13.9 Å². The quantitative estimate of drug-likeness (QED) is 0.819. The lowest BCUT2D eigenvalue weighted by atomic mass is 10.2. The fraction of sp³-hybridized carbons (Fsp3) is 0.556. The minimum absolute atomic E-state index is 0.0524. The van der Waals surface area contributed by atoms with E-state index in [2.05, 4.69) is 5.32 Å². The van der Waals surface area contributed by atoms with Crippen molar-refractivity contribution in [1.29, 1.82) is 0 Å². The highest BCUT2D eigenvalue weighted by Gasteiger charge is 2.18. The van der Waals surface area contributed by atoms with Gasteiger partial charge in [0.2, 0.25) is 0 Å². The highest BCUT2D eigenvalue weighted by atomic mass is 35.5. The van der Waals surface area contributed by atoms with E-state index in [1.165, 1.54) is 11.3 Å². The maximum Gasteiger partial charge on any atom is 0.253 e. The van der Waals surface area contributed by atoms with Gasteiger partial charge in [0.25, 0.3) is 6.43 Å². The van der Waals surface area contributed by atoms with Crippen molar-refractivity contribution in [3.05, 3.63) is 21.3 Å². The van der Waals surface area contributed by atoms with Crippen molar-refractivity contribution in [1.82, 2.24) is 5.32 Å². The molecule has 2 nitrogen and oxygen atoms in total. The smallest absolute Gasteiger partial charge is 0.253 e. The lowest BCUT2D eigenvalue weighted by molar-refractivity contribution is 0.0828. The van der Waals surface area contributed by atoms with Gasteiger partial charge in [0.05, 0.1) is 10.4 Å². The van der Waals surface area contributed by atoms with Crippen LogP contribution in [0.1, 0.15) is 11.3 Å². The average Bonchev–Trinajstić information content (AvgIpc) is 2.58. The molecule has 0 bridgehead atoms. The predicted molar refractivity (Wildman–Crippen MR) is 57.7 cm³/mol. The molecule has 1 heterocycles. The van der Waals surface area contributed by atoms with Crippen LogP contribution in [0.5, 0.6) is 0 Å². The van der Waals surface area contributed by atoms with Gasteiger partial charge in [0.1, 0.15) is 0 Å². The first-order valence-corrected chi connectivity index (χ1v) is 5.69. The molecule has 0 amide bonds. The van der Waals surface area contributed by atoms with Crippen molar-refractivity contribution in [2.24, 2.45) is 0 Å². The molecule has 6 heteroatoms. The Morgan fingerprint density at radius 2 is 2.20 bits per heavy atom. The molecule has 0 fully saturated rings. The molecule has 1 rings (SSSR count). The highest BCUT2D eigenvalue weighted by Crippen LogP contribution is 2.21. The second kappa shape index (κ2) is 6.37. The van der Waals surface area contributed by atoms with E-state index in [0.29, 0.717) is 10.9 Å². The van der Waals surface area contributed by atoms with Gasteiger partial charge in [-0.15, -0.1) is 11.3 Å². The fourth-order valence-electron chi connectivity index (χ4n) is 1.13. The zero-order valence-corrected chi connectivity index (χ0v) is 9.49. The second-order valence-electron chi connectivity index (χ2n) is 3.04. The number of halogens is 3. The molecule has 0 spiro atoms. The number of hydrogen-bond donors (Lipinski definition) is 2. The first-order valence-electron chi connectivity index (χ1n) is 4.50. The minimum atomic E-state index is -2.47. The summed E-state index contributed by atoms with van der Waals surface area (Å²) in [4.78, 5) is 0.906. The van der Waals surface area contributed by atoms with Crippen LogP contribution < -0.4 is 5.32 Å². The van der Waals surface area contributed by atoms with Crippen LogP contribution in [0.2, 0.25) is 4.34 Å². The van der Waals surface area contributed by atoms with Crippen LogP contribution in [0.3, 0.4) is 0 Å². The molecule has 1 unspecified atom stereocenters. The lowest BCUT2D eigenvalue weighted by Crippen LogP contribution is -2.35. The predicted octanol–water partition coefficient (Wildman–Crippen LogP) is 2.51. The van der Waals surface area contributed by atoms with Gasteiger partial charge >= 0.3 is 0 Å². The van der Waals surface area contributed by atoms with Crippen molar-refractivity contribution in [3.8, 4) is 0 Å². The molecule has 0 aliphatic carbocycles. The van der Waals surface area contributed by atoms with E-state index in [0.717, 1.165) is 4.88 Å². The number of thiophene rings is 1. The van der Waals surface area contributed by atoms with Gasteiger partial charge in [-0.2, -0.15) is 0 Å². The van der Waals surface area contributed by atoms with Crippen LogP contribution in [0.15, 0.2) is 12.1 Å². The Morgan fingerprint density at radius 3 is 2.67 bits per heavy atom. The second-order valence-corrected chi connectivity index (χ2v) is 4.84. The largest absolute Gasteiger partial charge is 0.396 e. The standard InChI is InChI=1S/C9H12ClF2NOS/c10-8-2-1-6(15-8)5-13-7(3-4-14)9(11)12/h1-2,7,9,13-14H,3-5H2. The average molecular weight is 256 g/mol. The summed E-state index contributed by atoms with van der Waals surface area (Å²) in [6.07, 6.45) is -2.41. The summed E-state index contributed by atoms with van der Waals surface area (Å²) >= 11 is 7.06. The van der Waals surface area contributed by atoms with Crippen LogP contribution in [0.25, 0.3) is 0 Å². The Balaban J connectivity index is 2.39. The summed E-state index contributed by atoms with van der Waals surface area (Å²) in [5.74, 6) is 0. The zero-order valence-electron chi connectivity index (χ0n) is 7.92. The Hall–Kier alpha value is -0.230. The first kappa shape index (κ1) is 12.8. The first-order chi connectivity index (χ1) is 7.13. The Kier molecular flexibility index (Phi) is 5.45. The summed E-state index contributed by atoms with van der Waals surface area (Å²) in [6.45, 7) is 0.111. The van der Waals surface area contributed by atoms with Gasteiger partial charge in [-0.1, -0.05) is 11.6 Å². The number of hydrogen-bond acceptors (Lipinski definition) is 3. The lowest BCUT2D eigenvalue weighted by Gasteiger charge is -2.15. The van der Waals surface area contributed by atoms with E-state index >= 15 is 0 Å². The molecule has 1 aromatic heterocycles. The number of nitrogens with one attached hydrogen (secondary N) is 1. The summed E-state index contributed by atoms with van der Waals surface area (Å²) in [5, 5.41) is 11.3. The molecule has 1 aromatic rings. The Morgan fingerprint density at radius 1 is 1.47 bits per heavy atom. The molecule has 0 aromatic carbocycles. The van der Waals surface area contributed by atoms with Crippen LogP contribution in [-0.2, 0) is 6.54 Å². The highest BCUT2D eigenvalue weighted by molar-refractivity contribution is 7.16. The van der Waals surface area contributed by atoms with E-state index in [1.54, 1.807) is 12.1 Å².